The monoisotopic (exact) mass is 308 g/mol. The minimum Gasteiger partial charge on any atom is -0.493 e. The van der Waals surface area contributed by atoms with Crippen molar-refractivity contribution >= 4 is 5.91 Å². The van der Waals surface area contributed by atoms with Crippen LogP contribution in [0.5, 0.6) is 11.5 Å². The number of carbonyl (C=O) groups excluding carboxylic acids is 1. The Kier molecular flexibility index (Phi) is 7.18. The van der Waals surface area contributed by atoms with Gasteiger partial charge in [-0.15, -0.1) is 0 Å². The van der Waals surface area contributed by atoms with Crippen molar-refractivity contribution in [1.29, 1.82) is 0 Å². The molecule has 5 heteroatoms. The number of likely N-dealkylation sites (N-methyl/N-ethyl adjacent to an activating group) is 1. The molecular formula is C17H28N2O3. The van der Waals surface area contributed by atoms with E-state index in [1.807, 2.05) is 46.0 Å². The van der Waals surface area contributed by atoms with E-state index in [-0.39, 0.29) is 18.0 Å². The summed E-state index contributed by atoms with van der Waals surface area (Å²) in [6.45, 7) is 6.65. The summed E-state index contributed by atoms with van der Waals surface area (Å²) in [5, 5.41) is 2.94. The van der Waals surface area contributed by atoms with Gasteiger partial charge < -0.3 is 14.8 Å². The first-order valence-electron chi connectivity index (χ1n) is 7.60. The maximum atomic E-state index is 12.0. The van der Waals surface area contributed by atoms with Crippen LogP contribution in [0.2, 0.25) is 0 Å². The summed E-state index contributed by atoms with van der Waals surface area (Å²) in [5.74, 6) is 1.52. The molecule has 0 aliphatic carbocycles. The van der Waals surface area contributed by atoms with Gasteiger partial charge in [0.1, 0.15) is 0 Å². The second-order valence-corrected chi connectivity index (χ2v) is 5.76. The highest BCUT2D eigenvalue weighted by atomic mass is 16.5. The summed E-state index contributed by atoms with van der Waals surface area (Å²) in [5.41, 5.74) is 1.15. The van der Waals surface area contributed by atoms with E-state index in [4.69, 9.17) is 9.47 Å². The van der Waals surface area contributed by atoms with Crippen molar-refractivity contribution in [1.82, 2.24) is 10.2 Å². The number of hydrogen-bond donors (Lipinski definition) is 1. The van der Waals surface area contributed by atoms with Crippen LogP contribution in [0.3, 0.4) is 0 Å². The van der Waals surface area contributed by atoms with Crippen molar-refractivity contribution in [3.8, 4) is 11.5 Å². The topological polar surface area (TPSA) is 50.8 Å². The van der Waals surface area contributed by atoms with Gasteiger partial charge in [-0.25, -0.2) is 0 Å². The summed E-state index contributed by atoms with van der Waals surface area (Å²) in [6.07, 6.45) is 0.843. The van der Waals surface area contributed by atoms with E-state index in [2.05, 4.69) is 10.2 Å². The van der Waals surface area contributed by atoms with E-state index in [1.165, 1.54) is 0 Å². The maximum absolute atomic E-state index is 12.0. The third kappa shape index (κ3) is 5.22. The molecule has 0 saturated carbocycles. The van der Waals surface area contributed by atoms with E-state index in [0.29, 0.717) is 0 Å². The molecule has 1 N–H and O–H groups in total. The van der Waals surface area contributed by atoms with Gasteiger partial charge in [0.2, 0.25) is 5.91 Å². The lowest BCUT2D eigenvalue weighted by Gasteiger charge is -2.24. The Hall–Kier alpha value is -1.75. The normalized spacial score (nSPS) is 12.4. The molecule has 0 aliphatic rings. The molecule has 22 heavy (non-hydrogen) atoms. The SMILES string of the molecule is COc1ccc(CCN(C)[C@H](C)C(=O)NC(C)C)cc1OC. The van der Waals surface area contributed by atoms with Crippen LogP contribution in [0.1, 0.15) is 26.3 Å². The standard InChI is InChI=1S/C17H28N2O3/c1-12(2)18-17(20)13(3)19(4)10-9-14-7-8-15(21-5)16(11-14)22-6/h7-8,11-13H,9-10H2,1-6H3,(H,18,20)/t13-/m1/s1. The summed E-state index contributed by atoms with van der Waals surface area (Å²) in [7, 11) is 5.22. The fourth-order valence-corrected chi connectivity index (χ4v) is 2.14. The zero-order valence-electron chi connectivity index (χ0n) is 14.5. The predicted molar refractivity (Wildman–Crippen MR) is 88.6 cm³/mol. The predicted octanol–water partition coefficient (Wildman–Crippen LogP) is 2.09. The average Bonchev–Trinajstić information content (AvgIpc) is 2.50. The molecule has 5 nitrogen and oxygen atoms in total. The Bertz CT molecular complexity index is 489. The van der Waals surface area contributed by atoms with E-state index < -0.39 is 0 Å². The number of nitrogens with zero attached hydrogens (tertiary/aromatic N) is 1. The second kappa shape index (κ2) is 8.63. The number of methoxy groups -OCH3 is 2. The number of rotatable bonds is 8. The Morgan fingerprint density at radius 1 is 1.18 bits per heavy atom. The molecule has 0 radical (unpaired) electrons. The van der Waals surface area contributed by atoms with Crippen LogP contribution < -0.4 is 14.8 Å². The fourth-order valence-electron chi connectivity index (χ4n) is 2.14. The van der Waals surface area contributed by atoms with Gasteiger partial charge >= 0.3 is 0 Å². The molecule has 1 aromatic rings. The quantitative estimate of drug-likeness (QED) is 0.799. The molecular weight excluding hydrogens is 280 g/mol. The highest BCUT2D eigenvalue weighted by molar-refractivity contribution is 5.81. The molecule has 1 atom stereocenters. The number of ether oxygens (including phenoxy) is 2. The lowest BCUT2D eigenvalue weighted by molar-refractivity contribution is -0.125. The van der Waals surface area contributed by atoms with Gasteiger partial charge in [-0.05, 0) is 51.9 Å². The highest BCUT2D eigenvalue weighted by Crippen LogP contribution is 2.27. The molecule has 0 aromatic heterocycles. The van der Waals surface area contributed by atoms with Gasteiger partial charge in [0, 0.05) is 12.6 Å². The average molecular weight is 308 g/mol. The molecule has 124 valence electrons. The van der Waals surface area contributed by atoms with Crippen molar-refractivity contribution in [3.63, 3.8) is 0 Å². The van der Waals surface area contributed by atoms with Gasteiger partial charge in [0.05, 0.1) is 20.3 Å². The first-order valence-corrected chi connectivity index (χ1v) is 7.60. The van der Waals surface area contributed by atoms with Gasteiger partial charge in [-0.2, -0.15) is 0 Å². The Morgan fingerprint density at radius 3 is 2.36 bits per heavy atom. The van der Waals surface area contributed by atoms with Crippen molar-refractivity contribution in [2.45, 2.75) is 39.3 Å². The van der Waals surface area contributed by atoms with Crippen LogP contribution in [0, 0.1) is 0 Å². The van der Waals surface area contributed by atoms with Crippen LogP contribution in [0.25, 0.3) is 0 Å². The third-order valence-corrected chi connectivity index (χ3v) is 3.67. The first-order chi connectivity index (χ1) is 10.4. The van der Waals surface area contributed by atoms with Crippen LogP contribution >= 0.6 is 0 Å². The molecule has 0 fully saturated rings. The van der Waals surface area contributed by atoms with Gasteiger partial charge in [-0.3, -0.25) is 9.69 Å². The molecule has 1 rings (SSSR count). The number of nitrogens with one attached hydrogen (secondary N) is 1. The van der Waals surface area contributed by atoms with Crippen molar-refractivity contribution in [2.24, 2.45) is 0 Å². The molecule has 0 heterocycles. The van der Waals surface area contributed by atoms with Crippen LogP contribution in [-0.2, 0) is 11.2 Å². The third-order valence-electron chi connectivity index (χ3n) is 3.67. The van der Waals surface area contributed by atoms with Crippen LogP contribution in [0.15, 0.2) is 18.2 Å². The van der Waals surface area contributed by atoms with Crippen molar-refractivity contribution < 1.29 is 14.3 Å². The highest BCUT2D eigenvalue weighted by Gasteiger charge is 2.18. The second-order valence-electron chi connectivity index (χ2n) is 5.76. The molecule has 1 amide bonds. The largest absolute Gasteiger partial charge is 0.493 e. The van der Waals surface area contributed by atoms with Gasteiger partial charge in [0.15, 0.2) is 11.5 Å². The zero-order valence-corrected chi connectivity index (χ0v) is 14.5. The lowest BCUT2D eigenvalue weighted by atomic mass is 10.1. The summed E-state index contributed by atoms with van der Waals surface area (Å²) in [6, 6.07) is 5.92. The Morgan fingerprint density at radius 2 is 1.82 bits per heavy atom. The summed E-state index contributed by atoms with van der Waals surface area (Å²) < 4.78 is 10.5. The molecule has 0 saturated heterocycles. The number of carbonyl (C=O) groups is 1. The number of amides is 1. The smallest absolute Gasteiger partial charge is 0.237 e. The number of hydrogen-bond acceptors (Lipinski definition) is 4. The summed E-state index contributed by atoms with van der Waals surface area (Å²) >= 11 is 0. The zero-order chi connectivity index (χ0) is 16.7. The molecule has 1 aromatic carbocycles. The van der Waals surface area contributed by atoms with Gasteiger partial charge in [0.25, 0.3) is 0 Å². The van der Waals surface area contributed by atoms with E-state index >= 15 is 0 Å². The fraction of sp³-hybridized carbons (Fsp3) is 0.588. The van der Waals surface area contributed by atoms with Gasteiger partial charge in [-0.1, -0.05) is 6.07 Å². The lowest BCUT2D eigenvalue weighted by Crippen LogP contribution is -2.46. The molecule has 0 unspecified atom stereocenters. The summed E-state index contributed by atoms with van der Waals surface area (Å²) in [4.78, 5) is 14.1. The minimum atomic E-state index is -0.150. The minimum absolute atomic E-state index is 0.0600. The molecule has 0 bridgehead atoms. The molecule has 0 aliphatic heterocycles. The Labute approximate surface area is 133 Å². The van der Waals surface area contributed by atoms with Crippen LogP contribution in [0.4, 0.5) is 0 Å². The molecule has 0 spiro atoms. The van der Waals surface area contributed by atoms with E-state index in [1.54, 1.807) is 14.2 Å². The first kappa shape index (κ1) is 18.3. The van der Waals surface area contributed by atoms with E-state index in [0.717, 1.165) is 30.0 Å². The maximum Gasteiger partial charge on any atom is 0.237 e. The van der Waals surface area contributed by atoms with Crippen molar-refractivity contribution in [2.75, 3.05) is 27.8 Å². The van der Waals surface area contributed by atoms with E-state index in [9.17, 15) is 4.79 Å². The Balaban J connectivity index is 2.60. The van der Waals surface area contributed by atoms with Crippen LogP contribution in [-0.4, -0.2) is 50.7 Å². The van der Waals surface area contributed by atoms with Crippen molar-refractivity contribution in [3.05, 3.63) is 23.8 Å². The number of benzene rings is 1.